The number of unbranched alkanes of at least 4 members (excludes halogenated alkanes) is 2. The van der Waals surface area contributed by atoms with E-state index in [0.717, 1.165) is 30.4 Å². The van der Waals surface area contributed by atoms with Gasteiger partial charge in [0, 0.05) is 18.8 Å². The van der Waals surface area contributed by atoms with Crippen molar-refractivity contribution in [3.63, 3.8) is 0 Å². The highest BCUT2D eigenvalue weighted by molar-refractivity contribution is 6.07. The van der Waals surface area contributed by atoms with Crippen molar-refractivity contribution in [2.45, 2.75) is 64.7 Å². The Hall–Kier alpha value is -2.40. The molecule has 2 unspecified atom stereocenters. The van der Waals surface area contributed by atoms with E-state index >= 15 is 0 Å². The predicted molar refractivity (Wildman–Crippen MR) is 112 cm³/mol. The molecule has 1 aromatic rings. The summed E-state index contributed by atoms with van der Waals surface area (Å²) >= 11 is 0. The largest absolute Gasteiger partial charge is 0.438 e. The van der Waals surface area contributed by atoms with E-state index in [4.69, 9.17) is 9.47 Å². The van der Waals surface area contributed by atoms with Crippen LogP contribution in [0.4, 0.5) is 0 Å². The molecule has 0 radical (unpaired) electrons. The molecular formula is C23H30N2O3. The molecule has 150 valence electrons. The second-order valence-electron chi connectivity index (χ2n) is 7.53. The van der Waals surface area contributed by atoms with Crippen LogP contribution in [-0.2, 0) is 20.7 Å². The van der Waals surface area contributed by atoms with Crippen molar-refractivity contribution in [1.82, 2.24) is 4.90 Å². The van der Waals surface area contributed by atoms with Crippen molar-refractivity contribution in [1.29, 1.82) is 0 Å². The van der Waals surface area contributed by atoms with Crippen LogP contribution < -0.4 is 0 Å². The third-order valence-corrected chi connectivity index (χ3v) is 5.22. The average molecular weight is 383 g/mol. The Morgan fingerprint density at radius 3 is 2.64 bits per heavy atom. The average Bonchev–Trinajstić information content (AvgIpc) is 3.30. The quantitative estimate of drug-likeness (QED) is 0.484. The zero-order valence-electron chi connectivity index (χ0n) is 17.1. The zero-order valence-corrected chi connectivity index (χ0v) is 17.1. The summed E-state index contributed by atoms with van der Waals surface area (Å²) in [5, 5.41) is 0. The number of ether oxygens (including phenoxy) is 2. The Kier molecular flexibility index (Phi) is 7.04. The molecule has 1 amide bonds. The summed E-state index contributed by atoms with van der Waals surface area (Å²) in [5.41, 5.74) is 3.09. The maximum absolute atomic E-state index is 10.9. The van der Waals surface area contributed by atoms with Gasteiger partial charge in [0.1, 0.15) is 12.0 Å². The van der Waals surface area contributed by atoms with Crippen molar-refractivity contribution in [3.05, 3.63) is 53.2 Å². The number of hydrogen-bond donors (Lipinski definition) is 0. The first kappa shape index (κ1) is 20.3. The first-order chi connectivity index (χ1) is 13.6. The van der Waals surface area contributed by atoms with Gasteiger partial charge in [0.05, 0.1) is 11.7 Å². The second kappa shape index (κ2) is 9.69. The minimum atomic E-state index is 0.0415. The van der Waals surface area contributed by atoms with Crippen LogP contribution in [0.25, 0.3) is 5.76 Å². The molecule has 5 nitrogen and oxygen atoms in total. The molecule has 2 heterocycles. The van der Waals surface area contributed by atoms with E-state index in [0.29, 0.717) is 18.1 Å². The summed E-state index contributed by atoms with van der Waals surface area (Å²) in [5.74, 6) is 1.04. The fourth-order valence-corrected chi connectivity index (χ4v) is 3.58. The molecule has 0 aliphatic carbocycles. The van der Waals surface area contributed by atoms with Crippen LogP contribution in [-0.4, -0.2) is 36.6 Å². The minimum Gasteiger partial charge on any atom is -0.438 e. The van der Waals surface area contributed by atoms with E-state index in [9.17, 15) is 4.79 Å². The van der Waals surface area contributed by atoms with E-state index in [1.807, 2.05) is 24.2 Å². The van der Waals surface area contributed by atoms with Gasteiger partial charge in [-0.25, -0.2) is 0 Å². The maximum Gasteiger partial charge on any atom is 0.236 e. The van der Waals surface area contributed by atoms with Crippen molar-refractivity contribution in [2.75, 3.05) is 7.05 Å². The smallest absolute Gasteiger partial charge is 0.236 e. The standard InChI is InChI=1S/C23H30N2O3/c1-4-5-6-7-18-9-11-19(12-10-18)21-14-20(23(28-21)24-16-26)15-25(3)22-13-8-17(2)27-22/h9-12,14-17,22H,4-8,13H2,1-3H3/b20-15-,24-23?. The lowest BCUT2D eigenvalue weighted by Crippen LogP contribution is -2.27. The van der Waals surface area contributed by atoms with Gasteiger partial charge in [0.15, 0.2) is 0 Å². The van der Waals surface area contributed by atoms with Gasteiger partial charge in [0.2, 0.25) is 12.3 Å². The van der Waals surface area contributed by atoms with Crippen LogP contribution in [0, 0.1) is 0 Å². The van der Waals surface area contributed by atoms with Crippen LogP contribution in [0.15, 0.2) is 47.1 Å². The van der Waals surface area contributed by atoms with Gasteiger partial charge in [0.25, 0.3) is 0 Å². The summed E-state index contributed by atoms with van der Waals surface area (Å²) < 4.78 is 11.8. The molecule has 0 bridgehead atoms. The van der Waals surface area contributed by atoms with Crippen molar-refractivity contribution in [3.8, 4) is 0 Å². The molecule has 0 saturated carbocycles. The normalized spacial score (nSPS) is 24.5. The highest BCUT2D eigenvalue weighted by Gasteiger charge is 2.26. The summed E-state index contributed by atoms with van der Waals surface area (Å²) in [4.78, 5) is 16.8. The topological polar surface area (TPSA) is 51.1 Å². The number of carbonyl (C=O) groups excluding carboxylic acids is 1. The molecule has 0 N–H and O–H groups in total. The van der Waals surface area contributed by atoms with E-state index in [2.05, 4.69) is 43.1 Å². The Morgan fingerprint density at radius 1 is 1.21 bits per heavy atom. The molecule has 5 heteroatoms. The van der Waals surface area contributed by atoms with E-state index < -0.39 is 0 Å². The Morgan fingerprint density at radius 2 is 2.00 bits per heavy atom. The molecule has 1 fully saturated rings. The summed E-state index contributed by atoms with van der Waals surface area (Å²) in [6.45, 7) is 4.30. The number of carbonyl (C=O) groups is 1. The lowest BCUT2D eigenvalue weighted by atomic mass is 10.0. The van der Waals surface area contributed by atoms with Crippen LogP contribution in [0.3, 0.4) is 0 Å². The van der Waals surface area contributed by atoms with Crippen LogP contribution in [0.1, 0.15) is 57.1 Å². The van der Waals surface area contributed by atoms with Gasteiger partial charge in [-0.1, -0.05) is 44.0 Å². The summed E-state index contributed by atoms with van der Waals surface area (Å²) in [6.07, 6.45) is 11.5. The number of hydrogen-bond acceptors (Lipinski definition) is 4. The Bertz CT molecular complexity index is 765. The zero-order chi connectivity index (χ0) is 19.9. The number of benzene rings is 1. The Balaban J connectivity index is 1.74. The Labute approximate surface area is 167 Å². The number of rotatable bonds is 8. The van der Waals surface area contributed by atoms with Gasteiger partial charge in [-0.15, -0.1) is 0 Å². The fourth-order valence-electron chi connectivity index (χ4n) is 3.58. The molecule has 2 aliphatic rings. The van der Waals surface area contributed by atoms with E-state index in [-0.39, 0.29) is 12.3 Å². The van der Waals surface area contributed by atoms with Gasteiger partial charge < -0.3 is 14.4 Å². The highest BCUT2D eigenvalue weighted by Crippen LogP contribution is 2.29. The molecule has 3 rings (SSSR count). The van der Waals surface area contributed by atoms with Crippen LogP contribution >= 0.6 is 0 Å². The monoisotopic (exact) mass is 382 g/mol. The lowest BCUT2D eigenvalue weighted by molar-refractivity contribution is -0.106. The first-order valence-corrected chi connectivity index (χ1v) is 10.2. The van der Waals surface area contributed by atoms with Crippen LogP contribution in [0.2, 0.25) is 0 Å². The van der Waals surface area contributed by atoms with Crippen molar-refractivity contribution >= 4 is 18.1 Å². The molecular weight excluding hydrogens is 352 g/mol. The third kappa shape index (κ3) is 5.10. The van der Waals surface area contributed by atoms with Gasteiger partial charge in [-0.3, -0.25) is 4.79 Å². The number of nitrogens with zero attached hydrogens (tertiary/aromatic N) is 2. The van der Waals surface area contributed by atoms with Crippen LogP contribution in [0.5, 0.6) is 0 Å². The molecule has 2 aliphatic heterocycles. The molecule has 0 spiro atoms. The number of aliphatic imine (C=N–C) groups is 1. The maximum atomic E-state index is 10.9. The SMILES string of the molecule is CCCCCc1ccc(C2=C/C(=C/N(C)C3CCC(C)O3)C(=NC=O)O2)cc1. The van der Waals surface area contributed by atoms with Gasteiger partial charge >= 0.3 is 0 Å². The first-order valence-electron chi connectivity index (χ1n) is 10.2. The fraction of sp³-hybridized carbons (Fsp3) is 0.478. The molecule has 1 saturated heterocycles. The summed E-state index contributed by atoms with van der Waals surface area (Å²) in [7, 11) is 1.98. The highest BCUT2D eigenvalue weighted by atomic mass is 16.5. The van der Waals surface area contributed by atoms with E-state index in [1.165, 1.54) is 24.8 Å². The number of amides is 1. The summed E-state index contributed by atoms with van der Waals surface area (Å²) in [6, 6.07) is 8.43. The molecule has 2 atom stereocenters. The van der Waals surface area contributed by atoms with Crippen molar-refractivity contribution in [2.24, 2.45) is 4.99 Å². The van der Waals surface area contributed by atoms with Crippen molar-refractivity contribution < 1.29 is 14.3 Å². The third-order valence-electron chi connectivity index (χ3n) is 5.22. The van der Waals surface area contributed by atoms with E-state index in [1.54, 1.807) is 0 Å². The molecule has 0 aromatic heterocycles. The molecule has 1 aromatic carbocycles. The number of aryl methyl sites for hydroxylation is 1. The molecule has 28 heavy (non-hydrogen) atoms. The van der Waals surface area contributed by atoms with Gasteiger partial charge in [-0.05, 0) is 44.2 Å². The predicted octanol–water partition coefficient (Wildman–Crippen LogP) is 4.69. The minimum absolute atomic E-state index is 0.0415. The van der Waals surface area contributed by atoms with Gasteiger partial charge in [-0.2, -0.15) is 4.99 Å². The second-order valence-corrected chi connectivity index (χ2v) is 7.53. The lowest BCUT2D eigenvalue weighted by Gasteiger charge is -2.22.